The molecule has 18 heavy (non-hydrogen) atoms. The summed E-state index contributed by atoms with van der Waals surface area (Å²) in [5, 5.41) is 8.94. The maximum Gasteiger partial charge on any atom is 0.324 e. The second-order valence-corrected chi connectivity index (χ2v) is 7.13. The molecule has 0 aromatic heterocycles. The standard InChI is InChI=1S/C12H17NO4S/c1-12(2,11(14)15)18(16,17)8-10-5-3-9(7-13)4-6-10/h3-6H,7-8,13H2,1-2H3,(H,14,15). The van der Waals surface area contributed by atoms with Gasteiger partial charge in [-0.2, -0.15) is 0 Å². The van der Waals surface area contributed by atoms with Crippen molar-refractivity contribution in [3.05, 3.63) is 35.4 Å². The Labute approximate surface area is 107 Å². The van der Waals surface area contributed by atoms with Gasteiger partial charge in [-0.05, 0) is 25.0 Å². The Kier molecular flexibility index (Phi) is 4.13. The lowest BCUT2D eigenvalue weighted by molar-refractivity contribution is -0.139. The minimum Gasteiger partial charge on any atom is -0.480 e. The summed E-state index contributed by atoms with van der Waals surface area (Å²) in [5.41, 5.74) is 6.89. The highest BCUT2D eigenvalue weighted by atomic mass is 32.2. The highest BCUT2D eigenvalue weighted by Crippen LogP contribution is 2.21. The van der Waals surface area contributed by atoms with Gasteiger partial charge >= 0.3 is 5.97 Å². The molecule has 3 N–H and O–H groups in total. The number of benzene rings is 1. The van der Waals surface area contributed by atoms with Gasteiger partial charge in [0.1, 0.15) is 0 Å². The molecule has 0 amide bonds. The van der Waals surface area contributed by atoms with E-state index < -0.39 is 20.6 Å². The third kappa shape index (κ3) is 2.88. The molecular weight excluding hydrogens is 254 g/mol. The Morgan fingerprint density at radius 3 is 2.06 bits per heavy atom. The van der Waals surface area contributed by atoms with Gasteiger partial charge in [0.15, 0.2) is 14.6 Å². The number of rotatable bonds is 5. The fourth-order valence-electron chi connectivity index (χ4n) is 1.30. The lowest BCUT2D eigenvalue weighted by Gasteiger charge is -2.19. The SMILES string of the molecule is CC(C)(C(=O)O)S(=O)(=O)Cc1ccc(CN)cc1. The molecule has 1 rings (SSSR count). The zero-order valence-electron chi connectivity index (χ0n) is 10.4. The largest absolute Gasteiger partial charge is 0.480 e. The topological polar surface area (TPSA) is 97.5 Å². The van der Waals surface area contributed by atoms with Crippen LogP contribution in [0.1, 0.15) is 25.0 Å². The Hall–Kier alpha value is -1.40. The number of hydrogen-bond acceptors (Lipinski definition) is 4. The fraction of sp³-hybridized carbons (Fsp3) is 0.417. The number of carboxylic acid groups (broad SMARTS) is 1. The maximum atomic E-state index is 12.0. The molecule has 0 aliphatic heterocycles. The van der Waals surface area contributed by atoms with Gasteiger partial charge in [0.25, 0.3) is 0 Å². The van der Waals surface area contributed by atoms with Crippen molar-refractivity contribution in [2.75, 3.05) is 0 Å². The van der Waals surface area contributed by atoms with Gasteiger partial charge in [-0.1, -0.05) is 24.3 Å². The second-order valence-electron chi connectivity index (χ2n) is 4.60. The smallest absolute Gasteiger partial charge is 0.324 e. The monoisotopic (exact) mass is 271 g/mol. The fourth-order valence-corrected chi connectivity index (χ4v) is 2.56. The van der Waals surface area contributed by atoms with Crippen LogP contribution in [0, 0.1) is 0 Å². The first-order chi connectivity index (χ1) is 8.20. The predicted octanol–water partition coefficient (Wildman–Crippen LogP) is 0.923. The normalized spacial score (nSPS) is 12.4. The predicted molar refractivity (Wildman–Crippen MR) is 68.7 cm³/mol. The summed E-state index contributed by atoms with van der Waals surface area (Å²) in [6.45, 7) is 2.77. The van der Waals surface area contributed by atoms with Crippen molar-refractivity contribution in [1.82, 2.24) is 0 Å². The van der Waals surface area contributed by atoms with E-state index in [-0.39, 0.29) is 5.75 Å². The number of hydrogen-bond donors (Lipinski definition) is 2. The summed E-state index contributed by atoms with van der Waals surface area (Å²) in [6.07, 6.45) is 0. The summed E-state index contributed by atoms with van der Waals surface area (Å²) in [7, 11) is -3.76. The number of carboxylic acids is 1. The second kappa shape index (κ2) is 5.07. The Morgan fingerprint density at radius 1 is 1.22 bits per heavy atom. The first kappa shape index (κ1) is 14.7. The van der Waals surface area contributed by atoms with Crippen molar-refractivity contribution in [2.24, 2.45) is 5.73 Å². The first-order valence-electron chi connectivity index (χ1n) is 5.44. The van der Waals surface area contributed by atoms with Gasteiger partial charge in [-0.25, -0.2) is 8.42 Å². The Balaban J connectivity index is 2.99. The van der Waals surface area contributed by atoms with Crippen LogP contribution >= 0.6 is 0 Å². The van der Waals surface area contributed by atoms with E-state index in [0.29, 0.717) is 12.1 Å². The quantitative estimate of drug-likeness (QED) is 0.830. The average molecular weight is 271 g/mol. The zero-order valence-corrected chi connectivity index (χ0v) is 11.2. The molecule has 1 aromatic rings. The minimum absolute atomic E-state index is 0.294. The van der Waals surface area contributed by atoms with Crippen molar-refractivity contribution < 1.29 is 18.3 Å². The van der Waals surface area contributed by atoms with Gasteiger partial charge in [0.05, 0.1) is 5.75 Å². The molecule has 0 saturated heterocycles. The Bertz CT molecular complexity index is 532. The van der Waals surface area contributed by atoms with Crippen molar-refractivity contribution in [2.45, 2.75) is 30.9 Å². The summed E-state index contributed by atoms with van der Waals surface area (Å²) in [4.78, 5) is 11.0. The molecule has 6 heteroatoms. The van der Waals surface area contributed by atoms with Crippen molar-refractivity contribution in [1.29, 1.82) is 0 Å². The highest BCUT2D eigenvalue weighted by molar-refractivity contribution is 7.92. The van der Waals surface area contributed by atoms with Crippen molar-refractivity contribution >= 4 is 15.8 Å². The number of nitrogens with two attached hydrogens (primary N) is 1. The van der Waals surface area contributed by atoms with Crippen LogP contribution in [0.2, 0.25) is 0 Å². The first-order valence-corrected chi connectivity index (χ1v) is 7.09. The molecule has 0 atom stereocenters. The number of aliphatic carboxylic acids is 1. The van der Waals surface area contributed by atoms with Crippen molar-refractivity contribution in [3.8, 4) is 0 Å². The van der Waals surface area contributed by atoms with Gasteiger partial charge in [-0.3, -0.25) is 4.79 Å². The van der Waals surface area contributed by atoms with E-state index in [4.69, 9.17) is 10.8 Å². The lowest BCUT2D eigenvalue weighted by Crippen LogP contribution is -2.41. The molecule has 0 spiro atoms. The molecule has 0 unspecified atom stereocenters. The van der Waals surface area contributed by atoms with Crippen LogP contribution in [0.25, 0.3) is 0 Å². The zero-order chi connectivity index (χ0) is 14.0. The van der Waals surface area contributed by atoms with Crippen LogP contribution < -0.4 is 5.73 Å². The van der Waals surface area contributed by atoms with E-state index >= 15 is 0 Å². The summed E-state index contributed by atoms with van der Waals surface area (Å²) in [5.74, 6) is -1.64. The third-order valence-electron chi connectivity index (χ3n) is 2.91. The van der Waals surface area contributed by atoms with Gasteiger partial charge in [0, 0.05) is 6.54 Å². The van der Waals surface area contributed by atoms with E-state index in [2.05, 4.69) is 0 Å². The van der Waals surface area contributed by atoms with Crippen LogP contribution in [0.5, 0.6) is 0 Å². The lowest BCUT2D eigenvalue weighted by atomic mass is 10.1. The van der Waals surface area contributed by atoms with E-state index in [9.17, 15) is 13.2 Å². The van der Waals surface area contributed by atoms with Crippen LogP contribution in [-0.4, -0.2) is 24.2 Å². The van der Waals surface area contributed by atoms with Gasteiger partial charge in [0.2, 0.25) is 0 Å². The van der Waals surface area contributed by atoms with Gasteiger partial charge < -0.3 is 10.8 Å². The molecule has 100 valence electrons. The van der Waals surface area contributed by atoms with E-state index in [0.717, 1.165) is 5.56 Å². The molecule has 0 bridgehead atoms. The number of carbonyl (C=O) groups is 1. The molecule has 0 heterocycles. The summed E-state index contributed by atoms with van der Waals surface area (Å²) >= 11 is 0. The van der Waals surface area contributed by atoms with E-state index in [1.807, 2.05) is 0 Å². The third-order valence-corrected chi connectivity index (χ3v) is 5.35. The van der Waals surface area contributed by atoms with E-state index in [1.165, 1.54) is 13.8 Å². The summed E-state index contributed by atoms with van der Waals surface area (Å²) in [6, 6.07) is 6.77. The van der Waals surface area contributed by atoms with Crippen LogP contribution in [0.4, 0.5) is 0 Å². The molecule has 0 aliphatic rings. The molecule has 0 radical (unpaired) electrons. The van der Waals surface area contributed by atoms with Crippen molar-refractivity contribution in [3.63, 3.8) is 0 Å². The average Bonchev–Trinajstić information content (AvgIpc) is 2.29. The summed E-state index contributed by atoms with van der Waals surface area (Å²) < 4.78 is 22.2. The number of sulfone groups is 1. The maximum absolute atomic E-state index is 12.0. The molecule has 0 saturated carbocycles. The van der Waals surface area contributed by atoms with Crippen LogP contribution in [0.3, 0.4) is 0 Å². The van der Waals surface area contributed by atoms with Crippen LogP contribution in [-0.2, 0) is 26.9 Å². The van der Waals surface area contributed by atoms with Gasteiger partial charge in [-0.15, -0.1) is 0 Å². The molecule has 0 aliphatic carbocycles. The Morgan fingerprint density at radius 2 is 1.67 bits per heavy atom. The molecular formula is C12H17NO4S. The molecule has 0 fully saturated rings. The minimum atomic E-state index is -3.76. The van der Waals surface area contributed by atoms with E-state index in [1.54, 1.807) is 24.3 Å². The molecule has 1 aromatic carbocycles. The molecule has 5 nitrogen and oxygen atoms in total. The van der Waals surface area contributed by atoms with Crippen LogP contribution in [0.15, 0.2) is 24.3 Å². The highest BCUT2D eigenvalue weighted by Gasteiger charge is 2.41.